The second-order valence-electron chi connectivity index (χ2n) is 7.73. The van der Waals surface area contributed by atoms with E-state index in [9.17, 15) is 9.59 Å². The summed E-state index contributed by atoms with van der Waals surface area (Å²) in [5.41, 5.74) is 8.89. The lowest BCUT2D eigenvalue weighted by atomic mass is 10.1. The van der Waals surface area contributed by atoms with Gasteiger partial charge in [-0.2, -0.15) is 5.10 Å². The molecular weight excluding hydrogens is 420 g/mol. The predicted octanol–water partition coefficient (Wildman–Crippen LogP) is 3.82. The summed E-state index contributed by atoms with van der Waals surface area (Å²) in [5, 5.41) is 6.48. The van der Waals surface area contributed by atoms with Crippen molar-refractivity contribution in [1.29, 1.82) is 0 Å². The van der Waals surface area contributed by atoms with Gasteiger partial charge in [0, 0.05) is 28.7 Å². The van der Waals surface area contributed by atoms with Crippen LogP contribution in [-0.2, 0) is 9.59 Å². The first kappa shape index (κ1) is 23.6. The van der Waals surface area contributed by atoms with E-state index in [0.29, 0.717) is 17.2 Å². The molecule has 0 unspecified atom stereocenters. The number of ether oxygens (including phenoxy) is 2. The molecule has 33 heavy (non-hydrogen) atoms. The number of hydrazone groups is 1. The summed E-state index contributed by atoms with van der Waals surface area (Å²) in [5.74, 6) is -0.821. The highest BCUT2D eigenvalue weighted by Gasteiger charge is 2.16. The van der Waals surface area contributed by atoms with E-state index in [1.165, 1.54) is 31.6 Å². The van der Waals surface area contributed by atoms with Gasteiger partial charge in [-0.25, -0.2) is 5.43 Å². The number of aromatic nitrogens is 1. The van der Waals surface area contributed by atoms with Crippen LogP contribution in [0.4, 0.5) is 5.69 Å². The maximum absolute atomic E-state index is 12.3. The first-order chi connectivity index (χ1) is 15.7. The number of hydrogen-bond acceptors (Lipinski definition) is 5. The standard InChI is InChI=1S/C25H28N4O4/c1-15-9-16(2)11-20(10-15)29-17(3)12-19(18(29)4)14-26-28-25(31)24(30)27-22-8-7-21(32-5)13-23(22)33-6/h7-14H,1-6H3,(H,27,30)(H,28,31)/b26-14-. The fourth-order valence-corrected chi connectivity index (χ4v) is 3.69. The van der Waals surface area contributed by atoms with Gasteiger partial charge in [0.1, 0.15) is 11.5 Å². The van der Waals surface area contributed by atoms with Crippen LogP contribution in [0.5, 0.6) is 11.5 Å². The normalized spacial score (nSPS) is 10.8. The van der Waals surface area contributed by atoms with E-state index >= 15 is 0 Å². The van der Waals surface area contributed by atoms with Crippen molar-refractivity contribution >= 4 is 23.7 Å². The molecule has 0 spiro atoms. The Balaban J connectivity index is 1.70. The van der Waals surface area contributed by atoms with E-state index in [2.05, 4.69) is 52.5 Å². The summed E-state index contributed by atoms with van der Waals surface area (Å²) >= 11 is 0. The number of methoxy groups -OCH3 is 2. The molecule has 1 heterocycles. The highest BCUT2D eigenvalue weighted by atomic mass is 16.5. The van der Waals surface area contributed by atoms with Crippen molar-refractivity contribution in [2.45, 2.75) is 27.7 Å². The molecule has 0 aliphatic carbocycles. The second-order valence-corrected chi connectivity index (χ2v) is 7.73. The summed E-state index contributed by atoms with van der Waals surface area (Å²) in [6.07, 6.45) is 1.53. The van der Waals surface area contributed by atoms with E-state index in [1.807, 2.05) is 19.9 Å². The van der Waals surface area contributed by atoms with Crippen molar-refractivity contribution in [3.63, 3.8) is 0 Å². The number of aryl methyl sites for hydroxylation is 3. The van der Waals surface area contributed by atoms with Gasteiger partial charge in [-0.1, -0.05) is 6.07 Å². The molecule has 8 heteroatoms. The van der Waals surface area contributed by atoms with E-state index in [4.69, 9.17) is 9.47 Å². The van der Waals surface area contributed by atoms with Crippen molar-refractivity contribution in [3.05, 3.63) is 70.5 Å². The number of nitrogens with one attached hydrogen (secondary N) is 2. The quantitative estimate of drug-likeness (QED) is 0.341. The van der Waals surface area contributed by atoms with E-state index < -0.39 is 11.8 Å². The molecule has 3 aromatic rings. The van der Waals surface area contributed by atoms with Crippen LogP contribution in [-0.4, -0.2) is 36.8 Å². The average Bonchev–Trinajstić information content (AvgIpc) is 3.06. The van der Waals surface area contributed by atoms with Crippen LogP contribution in [0.25, 0.3) is 5.69 Å². The number of amides is 2. The molecule has 2 amide bonds. The fraction of sp³-hybridized carbons (Fsp3) is 0.240. The van der Waals surface area contributed by atoms with E-state index in [1.54, 1.807) is 18.2 Å². The molecule has 0 fully saturated rings. The summed E-state index contributed by atoms with van der Waals surface area (Å²) < 4.78 is 12.5. The Bertz CT molecular complexity index is 1210. The lowest BCUT2D eigenvalue weighted by Gasteiger charge is -2.11. The number of nitrogens with zero attached hydrogens (tertiary/aromatic N) is 2. The third-order valence-electron chi connectivity index (χ3n) is 5.17. The lowest BCUT2D eigenvalue weighted by Crippen LogP contribution is -2.32. The lowest BCUT2D eigenvalue weighted by molar-refractivity contribution is -0.136. The van der Waals surface area contributed by atoms with Crippen LogP contribution in [0.15, 0.2) is 47.6 Å². The molecule has 172 valence electrons. The molecule has 0 radical (unpaired) electrons. The molecule has 0 aliphatic heterocycles. The molecule has 0 saturated carbocycles. The minimum absolute atomic E-state index is 0.347. The van der Waals surface area contributed by atoms with Crippen LogP contribution in [0, 0.1) is 27.7 Å². The number of carbonyl (C=O) groups is 2. The Morgan fingerprint density at radius 2 is 1.61 bits per heavy atom. The number of rotatable bonds is 6. The van der Waals surface area contributed by atoms with Gasteiger partial charge in [-0.15, -0.1) is 0 Å². The maximum Gasteiger partial charge on any atom is 0.329 e. The van der Waals surface area contributed by atoms with Gasteiger partial charge in [-0.05, 0) is 69.2 Å². The van der Waals surface area contributed by atoms with Crippen molar-refractivity contribution in [2.24, 2.45) is 5.10 Å². The minimum atomic E-state index is -0.896. The van der Waals surface area contributed by atoms with Crippen molar-refractivity contribution in [3.8, 4) is 17.2 Å². The third kappa shape index (κ3) is 5.41. The summed E-state index contributed by atoms with van der Waals surface area (Å²) in [6, 6.07) is 13.2. The van der Waals surface area contributed by atoms with E-state index in [-0.39, 0.29) is 0 Å². The van der Waals surface area contributed by atoms with Gasteiger partial charge in [0.2, 0.25) is 0 Å². The Hall–Kier alpha value is -4.07. The SMILES string of the molecule is COc1ccc(NC(=O)C(=O)N/N=C\c2cc(C)n(-c3cc(C)cc(C)c3)c2C)c(OC)c1. The van der Waals surface area contributed by atoms with E-state index in [0.717, 1.165) is 22.6 Å². The van der Waals surface area contributed by atoms with Crippen molar-refractivity contribution < 1.29 is 19.1 Å². The van der Waals surface area contributed by atoms with Crippen molar-refractivity contribution in [2.75, 3.05) is 19.5 Å². The molecule has 8 nitrogen and oxygen atoms in total. The smallest absolute Gasteiger partial charge is 0.329 e. The number of benzene rings is 2. The molecule has 0 atom stereocenters. The highest BCUT2D eigenvalue weighted by molar-refractivity contribution is 6.39. The van der Waals surface area contributed by atoms with Crippen LogP contribution < -0.4 is 20.2 Å². The van der Waals surface area contributed by atoms with Gasteiger partial charge >= 0.3 is 11.8 Å². The second kappa shape index (κ2) is 10.0. The average molecular weight is 449 g/mol. The van der Waals surface area contributed by atoms with Crippen LogP contribution in [0.1, 0.15) is 28.1 Å². The first-order valence-corrected chi connectivity index (χ1v) is 10.4. The molecule has 2 aromatic carbocycles. The molecule has 0 saturated heterocycles. The van der Waals surface area contributed by atoms with Gasteiger partial charge in [0.25, 0.3) is 0 Å². The molecule has 0 bridgehead atoms. The maximum atomic E-state index is 12.3. The van der Waals surface area contributed by atoms with Crippen LogP contribution in [0.2, 0.25) is 0 Å². The molecular formula is C25H28N4O4. The fourth-order valence-electron chi connectivity index (χ4n) is 3.69. The van der Waals surface area contributed by atoms with Crippen LogP contribution >= 0.6 is 0 Å². The zero-order chi connectivity index (χ0) is 24.1. The van der Waals surface area contributed by atoms with Crippen molar-refractivity contribution in [1.82, 2.24) is 9.99 Å². The zero-order valence-electron chi connectivity index (χ0n) is 19.6. The van der Waals surface area contributed by atoms with Gasteiger partial charge in [0.05, 0.1) is 26.1 Å². The van der Waals surface area contributed by atoms with Crippen LogP contribution in [0.3, 0.4) is 0 Å². The Labute approximate surface area is 193 Å². The minimum Gasteiger partial charge on any atom is -0.497 e. The monoisotopic (exact) mass is 448 g/mol. The third-order valence-corrected chi connectivity index (χ3v) is 5.17. The summed E-state index contributed by atoms with van der Waals surface area (Å²) in [4.78, 5) is 24.5. The summed E-state index contributed by atoms with van der Waals surface area (Å²) in [6.45, 7) is 8.12. The molecule has 1 aromatic heterocycles. The number of anilines is 1. The number of hydrogen-bond donors (Lipinski definition) is 2. The van der Waals surface area contributed by atoms with Gasteiger partial charge in [0.15, 0.2) is 0 Å². The largest absolute Gasteiger partial charge is 0.497 e. The Morgan fingerprint density at radius 1 is 0.909 bits per heavy atom. The summed E-state index contributed by atoms with van der Waals surface area (Å²) in [7, 11) is 2.99. The van der Waals surface area contributed by atoms with Gasteiger partial charge < -0.3 is 19.4 Å². The topological polar surface area (TPSA) is 94.0 Å². The highest BCUT2D eigenvalue weighted by Crippen LogP contribution is 2.29. The number of carbonyl (C=O) groups excluding carboxylic acids is 2. The zero-order valence-corrected chi connectivity index (χ0v) is 19.6. The molecule has 3 rings (SSSR count). The first-order valence-electron chi connectivity index (χ1n) is 10.4. The molecule has 2 N–H and O–H groups in total. The Kier molecular flexibility index (Phi) is 7.17. The molecule has 0 aliphatic rings. The van der Waals surface area contributed by atoms with Gasteiger partial charge in [-0.3, -0.25) is 9.59 Å². The predicted molar refractivity (Wildman–Crippen MR) is 129 cm³/mol. The Morgan fingerprint density at radius 3 is 2.24 bits per heavy atom.